The van der Waals surface area contributed by atoms with Gasteiger partial charge in [0, 0.05) is 0 Å². The van der Waals surface area contributed by atoms with E-state index in [4.69, 9.17) is 33.2 Å². The summed E-state index contributed by atoms with van der Waals surface area (Å²) in [5, 5.41) is 0. The second-order valence-corrected chi connectivity index (χ2v) is 14.1. The number of benzene rings is 4. The van der Waals surface area contributed by atoms with Gasteiger partial charge in [-0.3, -0.25) is 0 Å². The number of rotatable bonds is 18. The molecule has 0 spiro atoms. The fourth-order valence-electron chi connectivity index (χ4n) is 6.70. The molecule has 2 heterocycles. The van der Waals surface area contributed by atoms with E-state index in [9.17, 15) is 0 Å². The zero-order chi connectivity index (χ0) is 34.1. The summed E-state index contributed by atoms with van der Waals surface area (Å²) in [5.41, 5.74) is 5.01. The highest BCUT2D eigenvalue weighted by atomic mass is 16.7. The Hall–Kier alpha value is -4.04. The molecule has 7 heteroatoms. The van der Waals surface area contributed by atoms with E-state index in [0.29, 0.717) is 19.1 Å². The molecular formula is C43H50O7. The number of hydrogen-bond acceptors (Lipinski definition) is 7. The van der Waals surface area contributed by atoms with Crippen LogP contribution in [0.15, 0.2) is 97.1 Å². The molecule has 3 aliphatic rings. The highest BCUT2D eigenvalue weighted by Gasteiger charge is 2.26. The van der Waals surface area contributed by atoms with Crippen molar-refractivity contribution in [3.05, 3.63) is 119 Å². The first-order chi connectivity index (χ1) is 24.5. The van der Waals surface area contributed by atoms with Crippen LogP contribution in [0.5, 0.6) is 23.0 Å². The molecule has 7 nitrogen and oxygen atoms in total. The minimum absolute atomic E-state index is 0.169. The molecule has 0 radical (unpaired) electrons. The Bertz CT molecular complexity index is 1460. The highest BCUT2D eigenvalue weighted by molar-refractivity contribution is 5.35. The Balaban J connectivity index is 0.772. The van der Waals surface area contributed by atoms with Gasteiger partial charge in [-0.25, -0.2) is 0 Å². The molecule has 4 aromatic rings. The van der Waals surface area contributed by atoms with Crippen molar-refractivity contribution in [2.45, 2.75) is 89.5 Å². The largest absolute Gasteiger partial charge is 0.491 e. The van der Waals surface area contributed by atoms with Gasteiger partial charge < -0.3 is 33.2 Å². The van der Waals surface area contributed by atoms with Crippen LogP contribution < -0.4 is 18.9 Å². The predicted molar refractivity (Wildman–Crippen MR) is 193 cm³/mol. The number of ether oxygens (including phenoxy) is 7. The lowest BCUT2D eigenvalue weighted by atomic mass is 9.84. The number of epoxide rings is 2. The molecule has 50 heavy (non-hydrogen) atoms. The van der Waals surface area contributed by atoms with Gasteiger partial charge in [0.05, 0.1) is 25.4 Å². The van der Waals surface area contributed by atoms with E-state index in [2.05, 4.69) is 67.6 Å². The molecule has 1 saturated carbocycles. The quantitative estimate of drug-likeness (QED) is 0.0771. The molecule has 0 bridgehead atoms. The molecule has 1 aliphatic carbocycles. The maximum Gasteiger partial charge on any atom is 0.197 e. The van der Waals surface area contributed by atoms with E-state index < -0.39 is 0 Å². The van der Waals surface area contributed by atoms with Gasteiger partial charge in [-0.2, -0.15) is 0 Å². The Kier molecular flexibility index (Phi) is 11.5. The molecule has 0 amide bonds. The smallest absolute Gasteiger partial charge is 0.197 e. The Morgan fingerprint density at radius 1 is 0.540 bits per heavy atom. The monoisotopic (exact) mass is 678 g/mol. The summed E-state index contributed by atoms with van der Waals surface area (Å²) in [4.78, 5) is 0. The van der Waals surface area contributed by atoms with Gasteiger partial charge in [0.15, 0.2) is 6.29 Å². The zero-order valence-corrected chi connectivity index (χ0v) is 29.3. The molecule has 4 atom stereocenters. The van der Waals surface area contributed by atoms with Crippen molar-refractivity contribution in [3.63, 3.8) is 0 Å². The van der Waals surface area contributed by atoms with E-state index in [1.165, 1.54) is 22.3 Å². The maximum atomic E-state index is 6.32. The lowest BCUT2D eigenvalue weighted by molar-refractivity contribution is -0.120. The predicted octanol–water partition coefficient (Wildman–Crippen LogP) is 8.58. The SMILES string of the molecule is CC(CC1CCC(OC(C)Oc2ccc(Cc3ccc(OCC4CO4)cc3)cc2)CC1)Oc1ccc(Cc2ccc(OCC3CO3)cc2)cc1. The second kappa shape index (κ2) is 16.8. The van der Waals surface area contributed by atoms with E-state index in [-0.39, 0.29) is 30.7 Å². The third-order valence-electron chi connectivity index (χ3n) is 9.67. The van der Waals surface area contributed by atoms with Crippen LogP contribution in [0.4, 0.5) is 0 Å². The van der Waals surface area contributed by atoms with Crippen LogP contribution in [0, 0.1) is 5.92 Å². The third kappa shape index (κ3) is 11.0. The summed E-state index contributed by atoms with van der Waals surface area (Å²) in [6.07, 6.45) is 7.87. The molecule has 0 N–H and O–H groups in total. The molecule has 4 unspecified atom stereocenters. The Morgan fingerprint density at radius 2 is 0.940 bits per heavy atom. The van der Waals surface area contributed by atoms with Crippen molar-refractivity contribution in [1.82, 2.24) is 0 Å². The molecular weight excluding hydrogens is 628 g/mol. The van der Waals surface area contributed by atoms with E-state index in [1.807, 2.05) is 43.3 Å². The van der Waals surface area contributed by atoms with Crippen molar-refractivity contribution in [1.29, 1.82) is 0 Å². The zero-order valence-electron chi connectivity index (χ0n) is 29.3. The first-order valence-electron chi connectivity index (χ1n) is 18.3. The van der Waals surface area contributed by atoms with Crippen molar-refractivity contribution >= 4 is 0 Å². The summed E-state index contributed by atoms with van der Waals surface area (Å²) >= 11 is 0. The molecule has 2 saturated heterocycles. The van der Waals surface area contributed by atoms with Crippen molar-refractivity contribution in [3.8, 4) is 23.0 Å². The summed E-state index contributed by atoms with van der Waals surface area (Å²) < 4.78 is 40.7. The average Bonchev–Trinajstić information content (AvgIpc) is 4.07. The first-order valence-corrected chi connectivity index (χ1v) is 18.3. The summed E-state index contributed by atoms with van der Waals surface area (Å²) in [5.74, 6) is 4.20. The second-order valence-electron chi connectivity index (χ2n) is 14.1. The van der Waals surface area contributed by atoms with Crippen LogP contribution >= 0.6 is 0 Å². The molecule has 4 aromatic carbocycles. The summed E-state index contributed by atoms with van der Waals surface area (Å²) in [7, 11) is 0. The lowest BCUT2D eigenvalue weighted by Gasteiger charge is -2.31. The fraction of sp³-hybridized carbons (Fsp3) is 0.442. The minimum atomic E-state index is -0.290. The van der Waals surface area contributed by atoms with Crippen LogP contribution in [-0.4, -0.2) is 57.1 Å². The molecule has 2 aliphatic heterocycles. The summed E-state index contributed by atoms with van der Waals surface area (Å²) in [6, 6.07) is 33.5. The van der Waals surface area contributed by atoms with Gasteiger partial charge in [-0.1, -0.05) is 48.5 Å². The molecule has 264 valence electrons. The topological polar surface area (TPSA) is 71.2 Å². The Labute approximate surface area is 296 Å². The molecule has 7 rings (SSSR count). The van der Waals surface area contributed by atoms with Crippen LogP contribution in [0.2, 0.25) is 0 Å². The van der Waals surface area contributed by atoms with Gasteiger partial charge in [-0.15, -0.1) is 0 Å². The van der Waals surface area contributed by atoms with Gasteiger partial charge in [-0.05, 0) is 135 Å². The molecule has 3 fully saturated rings. The first kappa shape index (κ1) is 34.4. The minimum Gasteiger partial charge on any atom is -0.491 e. The normalized spacial score (nSPS) is 22.3. The lowest BCUT2D eigenvalue weighted by Crippen LogP contribution is -2.29. The maximum absolute atomic E-state index is 6.32. The van der Waals surface area contributed by atoms with Crippen LogP contribution in [0.25, 0.3) is 0 Å². The standard InChI is InChI=1S/C43H50O7/c1-30(48-39-17-9-35(10-18-39)24-33-3-13-37(14-4-33)44-26-42-28-46-42)23-32-7-19-40(20-8-32)49-31(2)50-41-21-11-36(12-22-41)25-34-5-15-38(16-6-34)45-27-43-29-47-43/h3-6,9-18,21-22,30-32,40,42-43H,7-8,19-20,23-29H2,1-2H3. The van der Waals surface area contributed by atoms with E-state index in [0.717, 1.165) is 81.2 Å². The Morgan fingerprint density at radius 3 is 1.36 bits per heavy atom. The van der Waals surface area contributed by atoms with Gasteiger partial charge >= 0.3 is 0 Å². The van der Waals surface area contributed by atoms with Crippen molar-refractivity contribution < 1.29 is 33.2 Å². The van der Waals surface area contributed by atoms with Crippen molar-refractivity contribution in [2.75, 3.05) is 26.4 Å². The summed E-state index contributed by atoms with van der Waals surface area (Å²) in [6.45, 7) is 7.07. The van der Waals surface area contributed by atoms with E-state index in [1.54, 1.807) is 0 Å². The van der Waals surface area contributed by atoms with Crippen LogP contribution in [0.1, 0.15) is 68.2 Å². The fourth-order valence-corrected chi connectivity index (χ4v) is 6.70. The highest BCUT2D eigenvalue weighted by Crippen LogP contribution is 2.32. The van der Waals surface area contributed by atoms with E-state index >= 15 is 0 Å². The van der Waals surface area contributed by atoms with Gasteiger partial charge in [0.1, 0.15) is 48.4 Å². The van der Waals surface area contributed by atoms with Gasteiger partial charge in [0.2, 0.25) is 0 Å². The third-order valence-corrected chi connectivity index (χ3v) is 9.67. The van der Waals surface area contributed by atoms with Crippen LogP contribution in [-0.2, 0) is 27.1 Å². The van der Waals surface area contributed by atoms with Crippen LogP contribution in [0.3, 0.4) is 0 Å². The molecule has 0 aromatic heterocycles. The average molecular weight is 679 g/mol. The van der Waals surface area contributed by atoms with Gasteiger partial charge in [0.25, 0.3) is 0 Å². The number of hydrogen-bond donors (Lipinski definition) is 0. The van der Waals surface area contributed by atoms with Crippen molar-refractivity contribution in [2.24, 2.45) is 5.92 Å².